The zero-order chi connectivity index (χ0) is 16.8. The van der Waals surface area contributed by atoms with Crippen LogP contribution in [0.15, 0.2) is 28.2 Å². The van der Waals surface area contributed by atoms with E-state index < -0.39 is 6.03 Å². The lowest BCUT2D eigenvalue weighted by Gasteiger charge is -2.27. The van der Waals surface area contributed by atoms with Crippen LogP contribution in [0.25, 0.3) is 0 Å². The highest BCUT2D eigenvalue weighted by atomic mass is 16.2. The summed E-state index contributed by atoms with van der Waals surface area (Å²) < 4.78 is 0. The number of likely N-dealkylation sites (tertiary alicyclic amines) is 1. The van der Waals surface area contributed by atoms with Crippen molar-refractivity contribution < 1.29 is 4.79 Å². The molecule has 0 aromatic heterocycles. The van der Waals surface area contributed by atoms with Gasteiger partial charge < -0.3 is 21.7 Å². The van der Waals surface area contributed by atoms with Gasteiger partial charge in [0.25, 0.3) is 0 Å². The SMILES string of the molecule is Cc1ccc(NC(=O)N=C(N)N=C(N)N2CCCCC2)c(C)c1. The van der Waals surface area contributed by atoms with E-state index in [2.05, 4.69) is 15.3 Å². The molecule has 0 unspecified atom stereocenters. The fraction of sp³-hybridized carbons (Fsp3) is 0.438. The second-order valence-corrected chi connectivity index (χ2v) is 5.74. The molecule has 1 aromatic carbocycles. The number of hydrogen-bond donors (Lipinski definition) is 3. The lowest BCUT2D eigenvalue weighted by atomic mass is 10.1. The lowest BCUT2D eigenvalue weighted by molar-refractivity contribution is 0.259. The van der Waals surface area contributed by atoms with E-state index in [1.54, 1.807) is 0 Å². The number of nitrogens with one attached hydrogen (secondary N) is 1. The van der Waals surface area contributed by atoms with Crippen LogP contribution in [0.1, 0.15) is 30.4 Å². The summed E-state index contributed by atoms with van der Waals surface area (Å²) in [7, 11) is 0. The maximum Gasteiger partial charge on any atom is 0.348 e. The summed E-state index contributed by atoms with van der Waals surface area (Å²) in [6, 6.07) is 5.17. The molecule has 5 N–H and O–H groups in total. The van der Waals surface area contributed by atoms with Gasteiger partial charge >= 0.3 is 6.03 Å². The summed E-state index contributed by atoms with van der Waals surface area (Å²) in [5.41, 5.74) is 14.4. The molecule has 1 aromatic rings. The maximum absolute atomic E-state index is 11.9. The molecule has 1 fully saturated rings. The number of anilines is 1. The highest BCUT2D eigenvalue weighted by Gasteiger charge is 2.12. The molecular weight excluding hydrogens is 292 g/mol. The van der Waals surface area contributed by atoms with E-state index in [4.69, 9.17) is 11.5 Å². The van der Waals surface area contributed by atoms with Gasteiger partial charge in [-0.05, 0) is 44.7 Å². The van der Waals surface area contributed by atoms with Crippen molar-refractivity contribution in [3.63, 3.8) is 0 Å². The number of aliphatic imine (C=N–C) groups is 2. The maximum atomic E-state index is 11.9. The molecular formula is C16H24N6O. The quantitative estimate of drug-likeness (QED) is 0.543. The molecule has 0 aliphatic carbocycles. The third-order valence-electron chi connectivity index (χ3n) is 3.75. The summed E-state index contributed by atoms with van der Waals surface area (Å²) in [4.78, 5) is 21.6. The molecule has 0 spiro atoms. The molecule has 7 nitrogen and oxygen atoms in total. The number of guanidine groups is 2. The van der Waals surface area contributed by atoms with Crippen LogP contribution in [-0.4, -0.2) is 35.9 Å². The van der Waals surface area contributed by atoms with Crippen molar-refractivity contribution in [1.82, 2.24) is 4.90 Å². The number of amides is 2. The van der Waals surface area contributed by atoms with Gasteiger partial charge in [0.05, 0.1) is 0 Å². The van der Waals surface area contributed by atoms with Gasteiger partial charge in [-0.25, -0.2) is 4.79 Å². The first-order valence-electron chi connectivity index (χ1n) is 7.77. The average Bonchev–Trinajstić information content (AvgIpc) is 2.50. The fourth-order valence-electron chi connectivity index (χ4n) is 2.54. The van der Waals surface area contributed by atoms with Gasteiger partial charge in [-0.3, -0.25) is 0 Å². The highest BCUT2D eigenvalue weighted by molar-refractivity contribution is 6.02. The minimum Gasteiger partial charge on any atom is -0.369 e. The van der Waals surface area contributed by atoms with Crippen molar-refractivity contribution in [3.05, 3.63) is 29.3 Å². The molecule has 2 rings (SSSR count). The summed E-state index contributed by atoms with van der Waals surface area (Å²) >= 11 is 0. The van der Waals surface area contributed by atoms with E-state index in [0.717, 1.165) is 37.1 Å². The van der Waals surface area contributed by atoms with Gasteiger partial charge in [-0.2, -0.15) is 9.98 Å². The molecule has 0 atom stereocenters. The molecule has 124 valence electrons. The topological polar surface area (TPSA) is 109 Å². The summed E-state index contributed by atoms with van der Waals surface area (Å²) in [6.45, 7) is 5.63. The molecule has 1 saturated heterocycles. The number of rotatable bonds is 1. The largest absolute Gasteiger partial charge is 0.369 e. The molecule has 7 heteroatoms. The van der Waals surface area contributed by atoms with Gasteiger partial charge in [0.2, 0.25) is 5.96 Å². The Morgan fingerprint density at radius 1 is 1.13 bits per heavy atom. The van der Waals surface area contributed by atoms with Gasteiger partial charge in [0, 0.05) is 18.8 Å². The van der Waals surface area contributed by atoms with Crippen molar-refractivity contribution in [2.24, 2.45) is 21.5 Å². The van der Waals surface area contributed by atoms with Crippen molar-refractivity contribution in [3.8, 4) is 0 Å². The molecule has 0 saturated carbocycles. The van der Waals surface area contributed by atoms with Crippen molar-refractivity contribution in [2.75, 3.05) is 18.4 Å². The molecule has 2 amide bonds. The predicted molar refractivity (Wildman–Crippen MR) is 93.6 cm³/mol. The number of nitrogens with two attached hydrogens (primary N) is 2. The first-order chi connectivity index (χ1) is 11.0. The Balaban J connectivity index is 2.00. The standard InChI is InChI=1S/C16H24N6O/c1-11-6-7-13(12(2)10-11)19-16(23)21-14(17)20-15(18)22-8-4-3-5-9-22/h6-7,10H,3-5,8-9H2,1-2H3,(H5,17,18,19,20,21,23). The first-order valence-corrected chi connectivity index (χ1v) is 7.77. The third kappa shape index (κ3) is 4.98. The van der Waals surface area contributed by atoms with Crippen molar-refractivity contribution in [1.29, 1.82) is 0 Å². The summed E-state index contributed by atoms with van der Waals surface area (Å²) in [5, 5.41) is 2.69. The Labute approximate surface area is 136 Å². The molecule has 0 bridgehead atoms. The Morgan fingerprint density at radius 2 is 1.83 bits per heavy atom. The van der Waals surface area contributed by atoms with Gasteiger partial charge in [0.15, 0.2) is 5.96 Å². The molecule has 1 heterocycles. The highest BCUT2D eigenvalue weighted by Crippen LogP contribution is 2.16. The Kier molecular flexibility index (Phi) is 5.56. The van der Waals surface area contributed by atoms with Crippen LogP contribution in [0.2, 0.25) is 0 Å². The number of benzene rings is 1. The van der Waals surface area contributed by atoms with Crippen LogP contribution in [-0.2, 0) is 0 Å². The minimum absolute atomic E-state index is 0.143. The minimum atomic E-state index is -0.565. The second-order valence-electron chi connectivity index (χ2n) is 5.74. The number of aryl methyl sites for hydroxylation is 2. The number of nitrogens with zero attached hydrogens (tertiary/aromatic N) is 3. The van der Waals surface area contributed by atoms with Gasteiger partial charge in [-0.1, -0.05) is 17.7 Å². The second kappa shape index (κ2) is 7.62. The van der Waals surface area contributed by atoms with Crippen LogP contribution < -0.4 is 16.8 Å². The Morgan fingerprint density at radius 3 is 2.48 bits per heavy atom. The van der Waals surface area contributed by atoms with E-state index in [0.29, 0.717) is 11.6 Å². The zero-order valence-electron chi connectivity index (χ0n) is 13.7. The summed E-state index contributed by atoms with van der Waals surface area (Å²) in [6.07, 6.45) is 3.37. The van der Waals surface area contributed by atoms with E-state index in [1.165, 1.54) is 6.42 Å². The number of piperidine rings is 1. The zero-order valence-corrected chi connectivity index (χ0v) is 13.7. The van der Waals surface area contributed by atoms with Crippen LogP contribution >= 0.6 is 0 Å². The number of hydrogen-bond acceptors (Lipinski definition) is 1. The van der Waals surface area contributed by atoms with Gasteiger partial charge in [0.1, 0.15) is 0 Å². The number of urea groups is 1. The third-order valence-corrected chi connectivity index (χ3v) is 3.75. The van der Waals surface area contributed by atoms with E-state index in [1.807, 2.05) is 36.9 Å². The van der Waals surface area contributed by atoms with Crippen molar-refractivity contribution in [2.45, 2.75) is 33.1 Å². The van der Waals surface area contributed by atoms with E-state index in [9.17, 15) is 4.79 Å². The number of carbonyl (C=O) groups is 1. The molecule has 23 heavy (non-hydrogen) atoms. The summed E-state index contributed by atoms with van der Waals surface area (Å²) in [5.74, 6) is 0.167. The monoisotopic (exact) mass is 316 g/mol. The average molecular weight is 316 g/mol. The van der Waals surface area contributed by atoms with Crippen molar-refractivity contribution >= 4 is 23.6 Å². The smallest absolute Gasteiger partial charge is 0.348 e. The first kappa shape index (κ1) is 16.8. The molecule has 1 aliphatic heterocycles. The van der Waals surface area contributed by atoms with Crippen LogP contribution in [0.5, 0.6) is 0 Å². The van der Waals surface area contributed by atoms with E-state index >= 15 is 0 Å². The van der Waals surface area contributed by atoms with Crippen LogP contribution in [0.3, 0.4) is 0 Å². The Hall–Kier alpha value is -2.57. The normalized spacial score (nSPS) is 16.3. The molecule has 0 radical (unpaired) electrons. The molecule has 1 aliphatic rings. The van der Waals surface area contributed by atoms with Crippen LogP contribution in [0.4, 0.5) is 10.5 Å². The number of carbonyl (C=O) groups excluding carboxylic acids is 1. The van der Waals surface area contributed by atoms with E-state index in [-0.39, 0.29) is 5.96 Å². The van der Waals surface area contributed by atoms with Gasteiger partial charge in [-0.15, -0.1) is 0 Å². The lowest BCUT2D eigenvalue weighted by Crippen LogP contribution is -2.41. The van der Waals surface area contributed by atoms with Crippen LogP contribution in [0, 0.1) is 13.8 Å². The fourth-order valence-corrected chi connectivity index (χ4v) is 2.54. The Bertz CT molecular complexity index is 631. The predicted octanol–water partition coefficient (Wildman–Crippen LogP) is 1.95.